The van der Waals surface area contributed by atoms with E-state index in [1.165, 1.54) is 11.3 Å². The summed E-state index contributed by atoms with van der Waals surface area (Å²) < 4.78 is 0. The molecule has 1 aromatic heterocycles. The summed E-state index contributed by atoms with van der Waals surface area (Å²) in [6, 6.07) is 2.79. The van der Waals surface area contributed by atoms with Gasteiger partial charge < -0.3 is 21.3 Å². The molecule has 0 spiro atoms. The molecule has 0 radical (unpaired) electrons. The number of hydrogen-bond acceptors (Lipinski definition) is 5. The number of amides is 1. The molecule has 1 amide bonds. The number of aliphatic carboxylic acids is 1. The van der Waals surface area contributed by atoms with Gasteiger partial charge in [-0.15, -0.1) is 11.3 Å². The number of carboxylic acids is 1. The average molecular weight is 258 g/mol. The smallest absolute Gasteiger partial charge is 0.332 e. The molecular weight excluding hydrogens is 244 g/mol. The van der Waals surface area contributed by atoms with Crippen molar-refractivity contribution in [2.24, 2.45) is 5.73 Å². The summed E-state index contributed by atoms with van der Waals surface area (Å²) in [5, 5.41) is 21.7. The van der Waals surface area contributed by atoms with Crippen molar-refractivity contribution in [1.29, 1.82) is 0 Å². The van der Waals surface area contributed by atoms with Gasteiger partial charge in [-0.05, 0) is 11.4 Å². The highest BCUT2D eigenvalue weighted by Gasteiger charge is 2.17. The summed E-state index contributed by atoms with van der Waals surface area (Å²) in [7, 11) is 0. The number of hydrogen-bond donors (Lipinski definition) is 4. The van der Waals surface area contributed by atoms with Crippen molar-refractivity contribution < 1.29 is 19.8 Å². The van der Waals surface area contributed by atoms with E-state index in [4.69, 9.17) is 15.9 Å². The third-order valence-electron chi connectivity index (χ3n) is 2.13. The highest BCUT2D eigenvalue weighted by atomic mass is 32.1. The van der Waals surface area contributed by atoms with Crippen LogP contribution in [0.3, 0.4) is 0 Å². The fourth-order valence-corrected chi connectivity index (χ4v) is 1.89. The lowest BCUT2D eigenvalue weighted by molar-refractivity contribution is -0.147. The van der Waals surface area contributed by atoms with Crippen LogP contribution < -0.4 is 11.1 Å². The Hall–Kier alpha value is -1.44. The summed E-state index contributed by atoms with van der Waals surface area (Å²) in [4.78, 5) is 22.6. The topological polar surface area (TPSA) is 113 Å². The standard InChI is InChI=1S/C10H14N2O4S/c11-8(7-2-1-5-17-7)9(14)12-4-3-6(13)10(15)16/h1-2,5-6,8,13H,3-4,11H2,(H,12,14)(H,15,16)/t6-,8?/m0/s1. The van der Waals surface area contributed by atoms with Crippen molar-refractivity contribution in [2.45, 2.75) is 18.6 Å². The molecule has 0 aromatic carbocycles. The minimum atomic E-state index is -1.46. The average Bonchev–Trinajstić information content (AvgIpc) is 2.80. The number of nitrogens with two attached hydrogens (primary N) is 1. The molecule has 0 aliphatic carbocycles. The molecule has 1 rings (SSSR count). The third kappa shape index (κ3) is 4.14. The van der Waals surface area contributed by atoms with Crippen molar-refractivity contribution in [2.75, 3.05) is 6.54 Å². The van der Waals surface area contributed by atoms with Gasteiger partial charge >= 0.3 is 5.97 Å². The van der Waals surface area contributed by atoms with E-state index in [1.54, 1.807) is 12.1 Å². The van der Waals surface area contributed by atoms with Crippen molar-refractivity contribution in [1.82, 2.24) is 5.32 Å². The van der Waals surface area contributed by atoms with Crippen LogP contribution in [0, 0.1) is 0 Å². The van der Waals surface area contributed by atoms with Gasteiger partial charge in [0.1, 0.15) is 6.04 Å². The molecule has 5 N–H and O–H groups in total. The van der Waals surface area contributed by atoms with Crippen molar-refractivity contribution in [3.63, 3.8) is 0 Å². The summed E-state index contributed by atoms with van der Waals surface area (Å²) >= 11 is 1.37. The number of thiophene rings is 1. The summed E-state index contributed by atoms with van der Waals surface area (Å²) in [5.74, 6) is -1.69. The summed E-state index contributed by atoms with van der Waals surface area (Å²) in [6.07, 6.45) is -1.51. The van der Waals surface area contributed by atoms with Crippen LogP contribution in [0.5, 0.6) is 0 Å². The molecule has 0 fully saturated rings. The van der Waals surface area contributed by atoms with Crippen LogP contribution in [-0.2, 0) is 9.59 Å². The second-order valence-electron chi connectivity index (χ2n) is 3.43. The van der Waals surface area contributed by atoms with E-state index in [0.29, 0.717) is 0 Å². The second kappa shape index (κ2) is 6.33. The first-order valence-electron chi connectivity index (χ1n) is 5.00. The van der Waals surface area contributed by atoms with Gasteiger partial charge in [-0.3, -0.25) is 4.79 Å². The molecule has 7 heteroatoms. The molecular formula is C10H14N2O4S. The molecule has 0 aliphatic heterocycles. The van der Waals surface area contributed by atoms with Crippen LogP contribution in [-0.4, -0.2) is 34.7 Å². The first-order valence-corrected chi connectivity index (χ1v) is 5.88. The first-order chi connectivity index (χ1) is 8.02. The predicted molar refractivity (Wildman–Crippen MR) is 62.5 cm³/mol. The number of nitrogens with one attached hydrogen (secondary N) is 1. The van der Waals surface area contributed by atoms with Gasteiger partial charge in [0.25, 0.3) is 0 Å². The van der Waals surface area contributed by atoms with E-state index in [-0.39, 0.29) is 18.9 Å². The monoisotopic (exact) mass is 258 g/mol. The van der Waals surface area contributed by atoms with Gasteiger partial charge in [0, 0.05) is 17.8 Å². The number of carbonyl (C=O) groups excluding carboxylic acids is 1. The van der Waals surface area contributed by atoms with Gasteiger partial charge in [-0.25, -0.2) is 4.79 Å². The zero-order chi connectivity index (χ0) is 12.8. The lowest BCUT2D eigenvalue weighted by Crippen LogP contribution is -2.36. The van der Waals surface area contributed by atoms with Crippen molar-refractivity contribution >= 4 is 23.2 Å². The Kier molecular flexibility index (Phi) is 5.08. The van der Waals surface area contributed by atoms with E-state index in [0.717, 1.165) is 4.88 Å². The van der Waals surface area contributed by atoms with E-state index in [2.05, 4.69) is 5.32 Å². The van der Waals surface area contributed by atoms with E-state index in [9.17, 15) is 9.59 Å². The molecule has 2 atom stereocenters. The molecule has 1 aromatic rings. The number of aliphatic hydroxyl groups is 1. The number of rotatable bonds is 6. The molecule has 1 heterocycles. The molecule has 17 heavy (non-hydrogen) atoms. The van der Waals surface area contributed by atoms with Crippen LogP contribution in [0.1, 0.15) is 17.3 Å². The minimum Gasteiger partial charge on any atom is -0.479 e. The predicted octanol–water partition coefficient (Wildman–Crippen LogP) is -0.300. The van der Waals surface area contributed by atoms with Gasteiger partial charge in [0.05, 0.1) is 0 Å². The van der Waals surface area contributed by atoms with E-state index in [1.807, 2.05) is 5.38 Å². The maximum absolute atomic E-state index is 11.5. The maximum Gasteiger partial charge on any atom is 0.332 e. The highest BCUT2D eigenvalue weighted by Crippen LogP contribution is 2.16. The molecule has 94 valence electrons. The van der Waals surface area contributed by atoms with Crippen LogP contribution >= 0.6 is 11.3 Å². The summed E-state index contributed by atoms with van der Waals surface area (Å²) in [6.45, 7) is 0.0748. The van der Waals surface area contributed by atoms with Gasteiger partial charge in [0.2, 0.25) is 5.91 Å². The Morgan fingerprint density at radius 1 is 1.53 bits per heavy atom. The Balaban J connectivity index is 2.33. The Morgan fingerprint density at radius 2 is 2.24 bits per heavy atom. The number of carboxylic acid groups (broad SMARTS) is 1. The van der Waals surface area contributed by atoms with Gasteiger partial charge in [0.15, 0.2) is 6.10 Å². The zero-order valence-corrected chi connectivity index (χ0v) is 9.81. The van der Waals surface area contributed by atoms with E-state index < -0.39 is 18.1 Å². The highest BCUT2D eigenvalue weighted by molar-refractivity contribution is 7.10. The van der Waals surface area contributed by atoms with Crippen LogP contribution in [0.2, 0.25) is 0 Å². The fraction of sp³-hybridized carbons (Fsp3) is 0.400. The fourth-order valence-electron chi connectivity index (χ4n) is 1.16. The normalized spacial score (nSPS) is 14.0. The SMILES string of the molecule is NC(C(=O)NCC[C@H](O)C(=O)O)c1cccs1. The van der Waals surface area contributed by atoms with Gasteiger partial charge in [-0.2, -0.15) is 0 Å². The largest absolute Gasteiger partial charge is 0.479 e. The quantitative estimate of drug-likeness (QED) is 0.559. The molecule has 6 nitrogen and oxygen atoms in total. The molecule has 1 unspecified atom stereocenters. The first kappa shape index (κ1) is 13.6. The minimum absolute atomic E-state index is 0.0434. The Labute approximate surface area is 102 Å². The van der Waals surface area contributed by atoms with Gasteiger partial charge in [-0.1, -0.05) is 6.07 Å². The Morgan fingerprint density at radius 3 is 2.76 bits per heavy atom. The maximum atomic E-state index is 11.5. The van der Waals surface area contributed by atoms with Crippen molar-refractivity contribution in [3.05, 3.63) is 22.4 Å². The molecule has 0 aliphatic rings. The van der Waals surface area contributed by atoms with E-state index >= 15 is 0 Å². The summed E-state index contributed by atoms with van der Waals surface area (Å²) in [5.41, 5.74) is 5.68. The van der Waals surface area contributed by atoms with Crippen LogP contribution in [0.4, 0.5) is 0 Å². The number of aliphatic hydroxyl groups excluding tert-OH is 1. The molecule has 0 saturated heterocycles. The molecule has 0 bridgehead atoms. The lowest BCUT2D eigenvalue weighted by Gasteiger charge is -2.11. The number of carbonyl (C=O) groups is 2. The van der Waals surface area contributed by atoms with Crippen LogP contribution in [0.25, 0.3) is 0 Å². The van der Waals surface area contributed by atoms with Crippen LogP contribution in [0.15, 0.2) is 17.5 Å². The Bertz CT molecular complexity index is 380. The van der Waals surface area contributed by atoms with Crippen molar-refractivity contribution in [3.8, 4) is 0 Å². The second-order valence-corrected chi connectivity index (χ2v) is 4.41. The zero-order valence-electron chi connectivity index (χ0n) is 9.00. The lowest BCUT2D eigenvalue weighted by atomic mass is 10.2. The third-order valence-corrected chi connectivity index (χ3v) is 3.09. The molecule has 0 saturated carbocycles.